The minimum atomic E-state index is 0. The van der Waals surface area contributed by atoms with Gasteiger partial charge < -0.3 is 29.7 Å². The highest BCUT2D eigenvalue weighted by Crippen LogP contribution is 2.39. The van der Waals surface area contributed by atoms with Crippen LogP contribution in [-0.2, 0) is 0 Å². The predicted molar refractivity (Wildman–Crippen MR) is 126 cm³/mol. The number of guanidine groups is 1. The van der Waals surface area contributed by atoms with E-state index in [2.05, 4.69) is 27.4 Å². The van der Waals surface area contributed by atoms with Crippen molar-refractivity contribution < 1.29 is 14.2 Å². The van der Waals surface area contributed by atoms with Gasteiger partial charge in [-0.1, -0.05) is 6.92 Å². The lowest BCUT2D eigenvalue weighted by Gasteiger charge is -2.31. The SMILES string of the molecule is CCN1CCC(CCNC(=NC)Nc2cc(OC)c(OC)c(OC)c2)CC1.I. The first kappa shape index (κ1) is 24.6. The molecule has 7 nitrogen and oxygen atoms in total. The Morgan fingerprint density at radius 3 is 2.18 bits per heavy atom. The highest BCUT2D eigenvalue weighted by Gasteiger charge is 2.18. The molecule has 0 saturated carbocycles. The molecular formula is C20H35IN4O3. The summed E-state index contributed by atoms with van der Waals surface area (Å²) in [7, 11) is 6.59. The van der Waals surface area contributed by atoms with Gasteiger partial charge in [-0.25, -0.2) is 0 Å². The number of halogens is 1. The zero-order valence-corrected chi connectivity index (χ0v) is 20.0. The molecule has 8 heteroatoms. The molecule has 1 aliphatic rings. The van der Waals surface area contributed by atoms with Crippen LogP contribution in [0.4, 0.5) is 5.69 Å². The van der Waals surface area contributed by atoms with Gasteiger partial charge in [0.05, 0.1) is 21.3 Å². The van der Waals surface area contributed by atoms with Crippen LogP contribution >= 0.6 is 24.0 Å². The van der Waals surface area contributed by atoms with E-state index in [9.17, 15) is 0 Å². The second kappa shape index (κ2) is 12.9. The Morgan fingerprint density at radius 1 is 1.11 bits per heavy atom. The topological polar surface area (TPSA) is 67.4 Å². The quantitative estimate of drug-likeness (QED) is 0.320. The van der Waals surface area contributed by atoms with E-state index < -0.39 is 0 Å². The summed E-state index contributed by atoms with van der Waals surface area (Å²) in [6.45, 7) is 6.75. The molecule has 0 atom stereocenters. The number of nitrogens with one attached hydrogen (secondary N) is 2. The Balaban J connectivity index is 0.00000392. The highest BCUT2D eigenvalue weighted by molar-refractivity contribution is 14.0. The average Bonchev–Trinajstić information content (AvgIpc) is 2.72. The van der Waals surface area contributed by atoms with Gasteiger partial charge in [0.25, 0.3) is 0 Å². The molecule has 0 bridgehead atoms. The molecule has 1 aromatic carbocycles. The zero-order chi connectivity index (χ0) is 19.6. The number of rotatable bonds is 8. The van der Waals surface area contributed by atoms with Gasteiger partial charge in [0, 0.05) is 31.4 Å². The Morgan fingerprint density at radius 2 is 1.71 bits per heavy atom. The van der Waals surface area contributed by atoms with Gasteiger partial charge in [0.2, 0.25) is 5.75 Å². The number of piperidine rings is 1. The number of benzene rings is 1. The summed E-state index contributed by atoms with van der Waals surface area (Å²) in [5, 5.41) is 6.70. The predicted octanol–water partition coefficient (Wildman–Crippen LogP) is 3.44. The average molecular weight is 506 g/mol. The molecule has 1 aromatic rings. The van der Waals surface area contributed by atoms with E-state index in [1.54, 1.807) is 28.4 Å². The molecule has 2 N–H and O–H groups in total. The molecule has 0 spiro atoms. The molecule has 1 aliphatic heterocycles. The largest absolute Gasteiger partial charge is 0.493 e. The van der Waals surface area contributed by atoms with E-state index >= 15 is 0 Å². The van der Waals surface area contributed by atoms with Crippen LogP contribution in [0.15, 0.2) is 17.1 Å². The van der Waals surface area contributed by atoms with Crippen LogP contribution in [0.2, 0.25) is 0 Å². The number of hydrogen-bond acceptors (Lipinski definition) is 5. The van der Waals surface area contributed by atoms with Gasteiger partial charge in [-0.15, -0.1) is 24.0 Å². The second-order valence-corrected chi connectivity index (χ2v) is 6.70. The molecule has 1 fully saturated rings. The van der Waals surface area contributed by atoms with Crippen LogP contribution in [0.1, 0.15) is 26.2 Å². The van der Waals surface area contributed by atoms with Crippen molar-refractivity contribution in [2.75, 3.05) is 59.9 Å². The molecule has 2 rings (SSSR count). The number of likely N-dealkylation sites (tertiary alicyclic amines) is 1. The van der Waals surface area contributed by atoms with Crippen molar-refractivity contribution in [3.63, 3.8) is 0 Å². The molecule has 0 unspecified atom stereocenters. The maximum Gasteiger partial charge on any atom is 0.203 e. The summed E-state index contributed by atoms with van der Waals surface area (Å²) in [6, 6.07) is 3.74. The lowest BCUT2D eigenvalue weighted by Crippen LogP contribution is -2.36. The highest BCUT2D eigenvalue weighted by atomic mass is 127. The summed E-state index contributed by atoms with van der Waals surface area (Å²) < 4.78 is 16.2. The third-order valence-electron chi connectivity index (χ3n) is 5.15. The Labute approximate surface area is 186 Å². The zero-order valence-electron chi connectivity index (χ0n) is 17.7. The number of anilines is 1. The summed E-state index contributed by atoms with van der Waals surface area (Å²) in [5.41, 5.74) is 0.828. The molecule has 0 amide bonds. The van der Waals surface area contributed by atoms with Gasteiger partial charge >= 0.3 is 0 Å². The smallest absolute Gasteiger partial charge is 0.203 e. The van der Waals surface area contributed by atoms with Crippen LogP contribution in [0.5, 0.6) is 17.2 Å². The van der Waals surface area contributed by atoms with Crippen molar-refractivity contribution in [2.24, 2.45) is 10.9 Å². The van der Waals surface area contributed by atoms with Gasteiger partial charge in [0.1, 0.15) is 0 Å². The summed E-state index contributed by atoms with van der Waals surface area (Å²) in [6.07, 6.45) is 3.73. The van der Waals surface area contributed by atoms with Gasteiger partial charge in [-0.3, -0.25) is 4.99 Å². The fourth-order valence-electron chi connectivity index (χ4n) is 3.46. The minimum Gasteiger partial charge on any atom is -0.493 e. The van der Waals surface area contributed by atoms with Crippen LogP contribution in [-0.4, -0.2) is 65.4 Å². The minimum absolute atomic E-state index is 0. The summed E-state index contributed by atoms with van der Waals surface area (Å²) in [5.74, 6) is 3.32. The third kappa shape index (κ3) is 6.88. The van der Waals surface area contributed by atoms with E-state index in [0.717, 1.165) is 37.1 Å². The van der Waals surface area contributed by atoms with E-state index in [4.69, 9.17) is 14.2 Å². The van der Waals surface area contributed by atoms with Gasteiger partial charge in [-0.2, -0.15) is 0 Å². The van der Waals surface area contributed by atoms with Crippen LogP contribution in [0.3, 0.4) is 0 Å². The lowest BCUT2D eigenvalue weighted by atomic mass is 9.93. The normalized spacial score (nSPS) is 15.5. The Hall–Kier alpha value is -1.42. The summed E-state index contributed by atoms with van der Waals surface area (Å²) in [4.78, 5) is 6.84. The first-order chi connectivity index (χ1) is 13.1. The molecule has 28 heavy (non-hydrogen) atoms. The molecule has 1 saturated heterocycles. The molecule has 0 radical (unpaired) electrons. The molecule has 0 aliphatic carbocycles. The fourth-order valence-corrected chi connectivity index (χ4v) is 3.46. The first-order valence-electron chi connectivity index (χ1n) is 9.65. The monoisotopic (exact) mass is 506 g/mol. The molecular weight excluding hydrogens is 471 g/mol. The van der Waals surface area contributed by atoms with Crippen molar-refractivity contribution in [3.8, 4) is 17.2 Å². The van der Waals surface area contributed by atoms with Gasteiger partial charge in [0.15, 0.2) is 17.5 Å². The first-order valence-corrected chi connectivity index (χ1v) is 9.65. The van der Waals surface area contributed by atoms with Crippen molar-refractivity contribution in [1.82, 2.24) is 10.2 Å². The van der Waals surface area contributed by atoms with Crippen molar-refractivity contribution in [2.45, 2.75) is 26.2 Å². The molecule has 0 aromatic heterocycles. The van der Waals surface area contributed by atoms with E-state index in [1.165, 1.54) is 25.9 Å². The Kier molecular flexibility index (Phi) is 11.4. The van der Waals surface area contributed by atoms with E-state index in [1.807, 2.05) is 12.1 Å². The van der Waals surface area contributed by atoms with E-state index in [0.29, 0.717) is 17.2 Å². The number of ether oxygens (including phenoxy) is 3. The summed E-state index contributed by atoms with van der Waals surface area (Å²) >= 11 is 0. The molecule has 160 valence electrons. The second-order valence-electron chi connectivity index (χ2n) is 6.70. The number of methoxy groups -OCH3 is 3. The van der Waals surface area contributed by atoms with Gasteiger partial charge in [-0.05, 0) is 44.8 Å². The van der Waals surface area contributed by atoms with E-state index in [-0.39, 0.29) is 24.0 Å². The number of nitrogens with zero attached hydrogens (tertiary/aromatic N) is 2. The lowest BCUT2D eigenvalue weighted by molar-refractivity contribution is 0.187. The van der Waals surface area contributed by atoms with Crippen molar-refractivity contribution in [3.05, 3.63) is 12.1 Å². The van der Waals surface area contributed by atoms with Crippen molar-refractivity contribution >= 4 is 35.6 Å². The fraction of sp³-hybridized carbons (Fsp3) is 0.650. The van der Waals surface area contributed by atoms with Crippen LogP contribution in [0, 0.1) is 5.92 Å². The number of hydrogen-bond donors (Lipinski definition) is 2. The maximum atomic E-state index is 5.40. The third-order valence-corrected chi connectivity index (χ3v) is 5.15. The Bertz CT molecular complexity index is 594. The standard InChI is InChI=1S/C20H34N4O3.HI/c1-6-24-11-8-15(9-12-24)7-10-22-20(21-2)23-16-13-17(25-3)19(27-5)18(14-16)26-4;/h13-15H,6-12H2,1-5H3,(H2,21,22,23);1H. The van der Waals surface area contributed by atoms with Crippen LogP contribution in [0.25, 0.3) is 0 Å². The maximum absolute atomic E-state index is 5.40. The molecule has 1 heterocycles. The number of aliphatic imine (C=N–C) groups is 1. The van der Waals surface area contributed by atoms with Crippen molar-refractivity contribution in [1.29, 1.82) is 0 Å². The van der Waals surface area contributed by atoms with Crippen LogP contribution < -0.4 is 24.8 Å².